The van der Waals surface area contributed by atoms with Crippen molar-refractivity contribution in [2.24, 2.45) is 5.41 Å². The Bertz CT molecular complexity index is 356. The maximum Gasteiger partial charge on any atom is 0.214 e. The highest BCUT2D eigenvalue weighted by atomic mass is 32.2. The van der Waals surface area contributed by atoms with Crippen LogP contribution in [0.4, 0.5) is 0 Å². The maximum atomic E-state index is 12.3. The topological polar surface area (TPSA) is 49.4 Å². The zero-order valence-electron chi connectivity index (χ0n) is 11.5. The van der Waals surface area contributed by atoms with E-state index in [4.69, 9.17) is 0 Å². The van der Waals surface area contributed by atoms with E-state index in [1.54, 1.807) is 4.31 Å². The summed E-state index contributed by atoms with van der Waals surface area (Å²) in [5.74, 6) is 0.326. The van der Waals surface area contributed by atoms with Crippen LogP contribution in [0, 0.1) is 5.41 Å². The molecule has 1 atom stereocenters. The molecule has 4 nitrogen and oxygen atoms in total. The number of nitrogens with zero attached hydrogens (tertiary/aromatic N) is 1. The Hall–Kier alpha value is -0.130. The van der Waals surface area contributed by atoms with Gasteiger partial charge in [-0.2, -0.15) is 0 Å². The number of sulfonamides is 1. The molecule has 2 aliphatic heterocycles. The molecule has 0 radical (unpaired) electrons. The van der Waals surface area contributed by atoms with Crippen molar-refractivity contribution in [1.82, 2.24) is 9.62 Å². The summed E-state index contributed by atoms with van der Waals surface area (Å²) >= 11 is 0. The number of hydrogen-bond acceptors (Lipinski definition) is 3. The van der Waals surface area contributed by atoms with Gasteiger partial charge in [0.2, 0.25) is 10.0 Å². The first-order valence-corrected chi connectivity index (χ1v) is 8.87. The quantitative estimate of drug-likeness (QED) is 0.847. The Balaban J connectivity index is 2.01. The van der Waals surface area contributed by atoms with E-state index in [0.717, 1.165) is 45.4 Å². The fraction of sp³-hybridized carbons (Fsp3) is 1.00. The van der Waals surface area contributed by atoms with Gasteiger partial charge in [-0.05, 0) is 44.1 Å². The molecular weight excluding hydrogens is 248 g/mol. The van der Waals surface area contributed by atoms with Crippen LogP contribution in [0.3, 0.4) is 0 Å². The lowest BCUT2D eigenvalue weighted by atomic mass is 9.75. The molecule has 0 aliphatic carbocycles. The summed E-state index contributed by atoms with van der Waals surface area (Å²) in [6.07, 6.45) is 6.29. The van der Waals surface area contributed by atoms with Gasteiger partial charge in [0.25, 0.3) is 0 Å². The smallest absolute Gasteiger partial charge is 0.214 e. The zero-order chi connectivity index (χ0) is 13.1. The van der Waals surface area contributed by atoms with Crippen LogP contribution in [0.2, 0.25) is 0 Å². The summed E-state index contributed by atoms with van der Waals surface area (Å²) in [5, 5.41) is 3.44. The third-order valence-electron chi connectivity index (χ3n) is 4.34. The molecule has 2 fully saturated rings. The summed E-state index contributed by atoms with van der Waals surface area (Å²) in [6.45, 7) is 5.59. The lowest BCUT2D eigenvalue weighted by molar-refractivity contribution is 0.110. The van der Waals surface area contributed by atoms with E-state index in [2.05, 4.69) is 5.32 Å². The average molecular weight is 274 g/mol. The van der Waals surface area contributed by atoms with Gasteiger partial charge in [-0.25, -0.2) is 12.7 Å². The van der Waals surface area contributed by atoms with E-state index in [1.807, 2.05) is 6.92 Å². The second-order valence-electron chi connectivity index (χ2n) is 5.89. The third kappa shape index (κ3) is 3.25. The van der Waals surface area contributed by atoms with Gasteiger partial charge < -0.3 is 5.32 Å². The predicted molar refractivity (Wildman–Crippen MR) is 74.0 cm³/mol. The van der Waals surface area contributed by atoms with Crippen molar-refractivity contribution >= 4 is 10.0 Å². The van der Waals surface area contributed by atoms with E-state index in [9.17, 15) is 8.42 Å². The number of nitrogens with one attached hydrogen (secondary N) is 1. The first-order valence-electron chi connectivity index (χ1n) is 7.27. The van der Waals surface area contributed by atoms with Crippen LogP contribution in [-0.2, 0) is 10.0 Å². The summed E-state index contributed by atoms with van der Waals surface area (Å²) in [6, 6.07) is 0. The molecular formula is C13H26N2O2S. The Morgan fingerprint density at radius 2 is 2.06 bits per heavy atom. The van der Waals surface area contributed by atoms with Gasteiger partial charge in [0.1, 0.15) is 0 Å². The van der Waals surface area contributed by atoms with Crippen LogP contribution in [0.1, 0.15) is 45.4 Å². The van der Waals surface area contributed by atoms with Crippen molar-refractivity contribution in [3.05, 3.63) is 0 Å². The Kier molecular flexibility index (Phi) is 4.67. The van der Waals surface area contributed by atoms with E-state index >= 15 is 0 Å². The van der Waals surface area contributed by atoms with Gasteiger partial charge in [0.15, 0.2) is 0 Å². The molecule has 2 heterocycles. The first-order chi connectivity index (χ1) is 8.58. The first kappa shape index (κ1) is 14.3. The zero-order valence-corrected chi connectivity index (χ0v) is 12.3. The molecule has 106 valence electrons. The van der Waals surface area contributed by atoms with Gasteiger partial charge in [-0.15, -0.1) is 0 Å². The lowest BCUT2D eigenvalue weighted by Crippen LogP contribution is -2.52. The molecule has 0 bridgehead atoms. The molecule has 2 aliphatic rings. The highest BCUT2D eigenvalue weighted by molar-refractivity contribution is 7.89. The fourth-order valence-corrected chi connectivity index (χ4v) is 5.02. The molecule has 0 saturated carbocycles. The maximum absolute atomic E-state index is 12.3. The van der Waals surface area contributed by atoms with Gasteiger partial charge in [-0.3, -0.25) is 0 Å². The second kappa shape index (κ2) is 5.88. The van der Waals surface area contributed by atoms with E-state index in [-0.39, 0.29) is 5.41 Å². The number of unbranched alkanes of at least 4 members (excludes halogenated alkanes) is 1. The van der Waals surface area contributed by atoms with E-state index < -0.39 is 10.0 Å². The highest BCUT2D eigenvalue weighted by Gasteiger charge is 2.39. The minimum absolute atomic E-state index is 0.218. The van der Waals surface area contributed by atoms with Crippen molar-refractivity contribution in [1.29, 1.82) is 0 Å². The summed E-state index contributed by atoms with van der Waals surface area (Å²) < 4.78 is 26.3. The average Bonchev–Trinajstić information content (AvgIpc) is 2.37. The van der Waals surface area contributed by atoms with Gasteiger partial charge in [-0.1, -0.05) is 13.3 Å². The van der Waals surface area contributed by atoms with E-state index in [0.29, 0.717) is 5.75 Å². The van der Waals surface area contributed by atoms with Crippen LogP contribution in [0.15, 0.2) is 0 Å². The molecule has 1 N–H and O–H groups in total. The van der Waals surface area contributed by atoms with Crippen LogP contribution >= 0.6 is 0 Å². The Morgan fingerprint density at radius 1 is 1.28 bits per heavy atom. The Morgan fingerprint density at radius 3 is 2.72 bits per heavy atom. The molecule has 0 aromatic heterocycles. The van der Waals surface area contributed by atoms with Crippen molar-refractivity contribution in [3.8, 4) is 0 Å². The SMILES string of the molecule is CCCCS(=O)(=O)N1CCCC2(CCCNC2)C1. The normalized spacial score (nSPS) is 30.7. The second-order valence-corrected chi connectivity index (χ2v) is 7.98. The minimum Gasteiger partial charge on any atom is -0.316 e. The third-order valence-corrected chi connectivity index (χ3v) is 6.24. The summed E-state index contributed by atoms with van der Waals surface area (Å²) in [5.41, 5.74) is 0.218. The number of hydrogen-bond donors (Lipinski definition) is 1. The molecule has 0 aromatic carbocycles. The molecule has 1 spiro atoms. The largest absolute Gasteiger partial charge is 0.316 e. The number of rotatable bonds is 4. The van der Waals surface area contributed by atoms with Crippen LogP contribution in [0.5, 0.6) is 0 Å². The van der Waals surface area contributed by atoms with Gasteiger partial charge in [0, 0.05) is 19.6 Å². The molecule has 2 rings (SSSR count). The lowest BCUT2D eigenvalue weighted by Gasteiger charge is -2.44. The minimum atomic E-state index is -3.02. The van der Waals surface area contributed by atoms with Crippen LogP contribution < -0.4 is 5.32 Å². The van der Waals surface area contributed by atoms with Crippen LogP contribution in [-0.4, -0.2) is 44.7 Å². The summed E-state index contributed by atoms with van der Waals surface area (Å²) in [7, 11) is -3.02. The summed E-state index contributed by atoms with van der Waals surface area (Å²) in [4.78, 5) is 0. The van der Waals surface area contributed by atoms with Crippen molar-refractivity contribution < 1.29 is 8.42 Å². The predicted octanol–water partition coefficient (Wildman–Crippen LogP) is 1.58. The molecule has 18 heavy (non-hydrogen) atoms. The standard InChI is InChI=1S/C13H26N2O2S/c1-2-3-10-18(16,17)15-9-5-7-13(12-15)6-4-8-14-11-13/h14H,2-12H2,1H3. The molecule has 5 heteroatoms. The fourth-order valence-electron chi connectivity index (χ4n) is 3.23. The monoisotopic (exact) mass is 274 g/mol. The van der Waals surface area contributed by atoms with Crippen molar-refractivity contribution in [2.75, 3.05) is 31.9 Å². The molecule has 2 saturated heterocycles. The van der Waals surface area contributed by atoms with Crippen molar-refractivity contribution in [2.45, 2.75) is 45.4 Å². The molecule has 1 unspecified atom stereocenters. The van der Waals surface area contributed by atoms with E-state index in [1.165, 1.54) is 19.3 Å². The number of piperidine rings is 2. The molecule has 0 amide bonds. The van der Waals surface area contributed by atoms with Crippen molar-refractivity contribution in [3.63, 3.8) is 0 Å². The Labute approximate surface area is 111 Å². The van der Waals surface area contributed by atoms with Gasteiger partial charge >= 0.3 is 0 Å². The highest BCUT2D eigenvalue weighted by Crippen LogP contribution is 2.36. The van der Waals surface area contributed by atoms with Crippen LogP contribution in [0.25, 0.3) is 0 Å². The van der Waals surface area contributed by atoms with Gasteiger partial charge in [0.05, 0.1) is 5.75 Å². The molecule has 0 aromatic rings.